The zero-order chi connectivity index (χ0) is 15.5. The number of sulfonamides is 1. The van der Waals surface area contributed by atoms with Crippen LogP contribution in [0.3, 0.4) is 0 Å². The van der Waals surface area contributed by atoms with Crippen LogP contribution in [0, 0.1) is 12.7 Å². The van der Waals surface area contributed by atoms with Crippen LogP contribution in [-0.4, -0.2) is 25.2 Å². The second kappa shape index (κ2) is 6.55. The molecule has 0 aliphatic carbocycles. The number of halogens is 2. The molecule has 1 aromatic heterocycles. The molecule has 114 valence electrons. The Morgan fingerprint density at radius 1 is 1.43 bits per heavy atom. The summed E-state index contributed by atoms with van der Waals surface area (Å²) in [4.78, 5) is -0.247. The van der Waals surface area contributed by atoms with Gasteiger partial charge in [-0.15, -0.1) is 0 Å². The Kier molecular flexibility index (Phi) is 4.97. The lowest BCUT2D eigenvalue weighted by Crippen LogP contribution is -2.25. The van der Waals surface area contributed by atoms with Gasteiger partial charge in [0.15, 0.2) is 0 Å². The maximum absolute atomic E-state index is 13.1. The first-order valence-corrected chi connectivity index (χ1v) is 8.20. The average Bonchev–Trinajstić information content (AvgIpc) is 2.83. The van der Waals surface area contributed by atoms with Crippen LogP contribution >= 0.6 is 11.6 Å². The standard InChI is InChI=1S/C13H15ClFN3O2S/c1-9-10(8-16-18-9)3-2-6-17-21(19,20)13-7-11(15)4-5-12(13)14/h4-5,7-8,17H,2-3,6H2,1H3,(H,16,18). The van der Waals surface area contributed by atoms with E-state index in [1.165, 1.54) is 6.07 Å². The quantitative estimate of drug-likeness (QED) is 0.798. The monoisotopic (exact) mass is 331 g/mol. The van der Waals surface area contributed by atoms with Crippen molar-refractivity contribution < 1.29 is 12.8 Å². The zero-order valence-corrected chi connectivity index (χ0v) is 12.9. The Hall–Kier alpha value is -1.44. The molecular formula is C13H15ClFN3O2S. The van der Waals surface area contributed by atoms with E-state index in [9.17, 15) is 12.8 Å². The highest BCUT2D eigenvalue weighted by molar-refractivity contribution is 7.89. The first-order chi connectivity index (χ1) is 9.90. The van der Waals surface area contributed by atoms with Crippen LogP contribution in [0.4, 0.5) is 4.39 Å². The molecule has 0 amide bonds. The molecule has 8 heteroatoms. The molecule has 0 radical (unpaired) electrons. The number of nitrogens with one attached hydrogen (secondary N) is 2. The number of rotatable bonds is 6. The maximum Gasteiger partial charge on any atom is 0.242 e. The molecule has 0 bridgehead atoms. The molecule has 5 nitrogen and oxygen atoms in total. The van der Waals surface area contributed by atoms with Gasteiger partial charge in [-0.05, 0) is 43.5 Å². The molecule has 0 aliphatic heterocycles. The molecule has 0 spiro atoms. The van der Waals surface area contributed by atoms with Crippen molar-refractivity contribution in [3.8, 4) is 0 Å². The van der Waals surface area contributed by atoms with E-state index < -0.39 is 15.8 Å². The third kappa shape index (κ3) is 4.03. The largest absolute Gasteiger partial charge is 0.283 e. The summed E-state index contributed by atoms with van der Waals surface area (Å²) in [6, 6.07) is 3.24. The van der Waals surface area contributed by atoms with Crippen LogP contribution in [0.5, 0.6) is 0 Å². The van der Waals surface area contributed by atoms with Gasteiger partial charge >= 0.3 is 0 Å². The Labute approximate surface area is 127 Å². The first kappa shape index (κ1) is 15.9. The number of aromatic nitrogens is 2. The summed E-state index contributed by atoms with van der Waals surface area (Å²) >= 11 is 5.80. The van der Waals surface area contributed by atoms with Crippen molar-refractivity contribution in [1.82, 2.24) is 14.9 Å². The topological polar surface area (TPSA) is 74.8 Å². The van der Waals surface area contributed by atoms with E-state index in [2.05, 4.69) is 14.9 Å². The lowest BCUT2D eigenvalue weighted by molar-refractivity contribution is 0.575. The van der Waals surface area contributed by atoms with E-state index in [1.807, 2.05) is 6.92 Å². The highest BCUT2D eigenvalue weighted by atomic mass is 35.5. The van der Waals surface area contributed by atoms with Gasteiger partial charge in [0.25, 0.3) is 0 Å². The number of nitrogens with zero attached hydrogens (tertiary/aromatic N) is 1. The van der Waals surface area contributed by atoms with Gasteiger partial charge in [0.05, 0.1) is 11.2 Å². The maximum atomic E-state index is 13.1. The summed E-state index contributed by atoms with van der Waals surface area (Å²) in [5.41, 5.74) is 2.00. The normalized spacial score (nSPS) is 11.8. The SMILES string of the molecule is Cc1[nH]ncc1CCCNS(=O)(=O)c1cc(F)ccc1Cl. The van der Waals surface area contributed by atoms with Gasteiger partial charge in [-0.1, -0.05) is 11.6 Å². The molecule has 0 saturated heterocycles. The predicted molar refractivity (Wildman–Crippen MR) is 78.2 cm³/mol. The molecular weight excluding hydrogens is 317 g/mol. The molecule has 1 heterocycles. The minimum Gasteiger partial charge on any atom is -0.283 e. The fourth-order valence-corrected chi connectivity index (χ4v) is 3.46. The van der Waals surface area contributed by atoms with E-state index >= 15 is 0 Å². The zero-order valence-electron chi connectivity index (χ0n) is 11.4. The van der Waals surface area contributed by atoms with Crippen molar-refractivity contribution in [2.75, 3.05) is 6.54 Å². The molecule has 0 unspecified atom stereocenters. The van der Waals surface area contributed by atoms with Crippen LogP contribution in [-0.2, 0) is 16.4 Å². The lowest BCUT2D eigenvalue weighted by Gasteiger charge is -2.08. The second-order valence-corrected chi connectivity index (χ2v) is 6.74. The van der Waals surface area contributed by atoms with E-state index in [4.69, 9.17) is 11.6 Å². The fraction of sp³-hybridized carbons (Fsp3) is 0.308. The number of benzene rings is 1. The van der Waals surface area contributed by atoms with Crippen molar-refractivity contribution in [3.05, 3.63) is 46.5 Å². The summed E-state index contributed by atoms with van der Waals surface area (Å²) in [6.45, 7) is 2.14. The molecule has 0 fully saturated rings. The highest BCUT2D eigenvalue weighted by Gasteiger charge is 2.18. The van der Waals surface area contributed by atoms with E-state index in [0.29, 0.717) is 12.8 Å². The predicted octanol–water partition coefficient (Wildman–Crippen LogP) is 2.42. The molecule has 1 aromatic carbocycles. The van der Waals surface area contributed by atoms with Gasteiger partial charge < -0.3 is 0 Å². The minimum atomic E-state index is -3.81. The van der Waals surface area contributed by atoms with E-state index in [1.54, 1.807) is 6.20 Å². The van der Waals surface area contributed by atoms with Crippen LogP contribution < -0.4 is 4.72 Å². The fourth-order valence-electron chi connectivity index (χ4n) is 1.87. The molecule has 0 saturated carbocycles. The van der Waals surface area contributed by atoms with Gasteiger partial charge in [0.1, 0.15) is 10.7 Å². The Balaban J connectivity index is 1.95. The number of H-pyrrole nitrogens is 1. The molecule has 0 aliphatic rings. The van der Waals surface area contributed by atoms with Crippen LogP contribution in [0.2, 0.25) is 5.02 Å². The van der Waals surface area contributed by atoms with E-state index in [-0.39, 0.29) is 16.5 Å². The molecule has 21 heavy (non-hydrogen) atoms. The molecule has 2 aromatic rings. The highest BCUT2D eigenvalue weighted by Crippen LogP contribution is 2.21. The summed E-state index contributed by atoms with van der Waals surface area (Å²) < 4.78 is 39.7. The van der Waals surface area contributed by atoms with Gasteiger partial charge in [-0.25, -0.2) is 17.5 Å². The number of aromatic amines is 1. The molecule has 2 N–H and O–H groups in total. The van der Waals surface area contributed by atoms with Gasteiger partial charge in [0, 0.05) is 12.2 Å². The minimum absolute atomic E-state index is 0.00502. The second-order valence-electron chi connectivity index (χ2n) is 4.60. The lowest BCUT2D eigenvalue weighted by atomic mass is 10.1. The van der Waals surface area contributed by atoms with Crippen molar-refractivity contribution in [3.63, 3.8) is 0 Å². The van der Waals surface area contributed by atoms with Crippen LogP contribution in [0.15, 0.2) is 29.3 Å². The molecule has 0 atom stereocenters. The van der Waals surface area contributed by atoms with Gasteiger partial charge in [0.2, 0.25) is 10.0 Å². The summed E-state index contributed by atoms with van der Waals surface area (Å²) in [5, 5.41) is 6.71. The smallest absolute Gasteiger partial charge is 0.242 e. The third-order valence-electron chi connectivity index (χ3n) is 3.03. The Morgan fingerprint density at radius 2 is 2.19 bits per heavy atom. The number of hydrogen-bond acceptors (Lipinski definition) is 3. The van der Waals surface area contributed by atoms with Crippen molar-refractivity contribution in [2.24, 2.45) is 0 Å². The average molecular weight is 332 g/mol. The van der Waals surface area contributed by atoms with Crippen LogP contribution in [0.25, 0.3) is 0 Å². The van der Waals surface area contributed by atoms with Gasteiger partial charge in [-0.2, -0.15) is 5.10 Å². The van der Waals surface area contributed by atoms with Gasteiger partial charge in [-0.3, -0.25) is 5.10 Å². The van der Waals surface area contributed by atoms with E-state index in [0.717, 1.165) is 23.4 Å². The summed E-state index contributed by atoms with van der Waals surface area (Å²) in [7, 11) is -3.81. The Bertz CT molecular complexity index is 731. The summed E-state index contributed by atoms with van der Waals surface area (Å²) in [5.74, 6) is -0.645. The number of hydrogen-bond donors (Lipinski definition) is 2. The third-order valence-corrected chi connectivity index (χ3v) is 4.97. The first-order valence-electron chi connectivity index (χ1n) is 6.34. The van der Waals surface area contributed by atoms with Crippen molar-refractivity contribution >= 4 is 21.6 Å². The summed E-state index contributed by atoms with van der Waals surface area (Å²) in [6.07, 6.45) is 3.02. The van der Waals surface area contributed by atoms with Crippen molar-refractivity contribution in [2.45, 2.75) is 24.7 Å². The van der Waals surface area contributed by atoms with Crippen molar-refractivity contribution in [1.29, 1.82) is 0 Å². The Morgan fingerprint density at radius 3 is 2.86 bits per heavy atom. The molecule has 2 rings (SSSR count). The van der Waals surface area contributed by atoms with Crippen LogP contribution in [0.1, 0.15) is 17.7 Å². The number of aryl methyl sites for hydroxylation is 2.